The molecule has 1 aromatic carbocycles. The quantitative estimate of drug-likeness (QED) is 0.913. The average Bonchev–Trinajstić information content (AvgIpc) is 2.37. The first kappa shape index (κ1) is 14.1. The fourth-order valence-electron chi connectivity index (χ4n) is 2.43. The number of hydrogen-bond acceptors (Lipinski definition) is 3. The number of hydrogen-bond donors (Lipinski definition) is 1. The van der Waals surface area contributed by atoms with E-state index < -0.39 is 6.36 Å². The van der Waals surface area contributed by atoms with Crippen molar-refractivity contribution in [2.45, 2.75) is 18.8 Å². The van der Waals surface area contributed by atoms with Crippen LogP contribution in [0.2, 0.25) is 0 Å². The highest BCUT2D eigenvalue weighted by Crippen LogP contribution is 2.33. The predicted molar refractivity (Wildman–Crippen MR) is 67.1 cm³/mol. The number of alkyl halides is 3. The first-order chi connectivity index (χ1) is 9.01. The summed E-state index contributed by atoms with van der Waals surface area (Å²) >= 11 is 0. The first-order valence-electron chi connectivity index (χ1n) is 6.23. The average molecular weight is 274 g/mol. The zero-order valence-electron chi connectivity index (χ0n) is 10.7. The van der Waals surface area contributed by atoms with Gasteiger partial charge in [0.25, 0.3) is 0 Å². The normalized spacial score (nSPS) is 19.4. The first-order valence-corrected chi connectivity index (χ1v) is 6.23. The monoisotopic (exact) mass is 274 g/mol. The summed E-state index contributed by atoms with van der Waals surface area (Å²) in [7, 11) is 1.89. The topological polar surface area (TPSA) is 24.5 Å². The Morgan fingerprint density at radius 2 is 2.11 bits per heavy atom. The highest BCUT2D eigenvalue weighted by atomic mass is 19.4. The van der Waals surface area contributed by atoms with E-state index in [1.54, 1.807) is 0 Å². The van der Waals surface area contributed by atoms with Crippen LogP contribution >= 0.6 is 0 Å². The number of ether oxygens (including phenoxy) is 1. The van der Waals surface area contributed by atoms with E-state index in [2.05, 4.69) is 10.1 Å². The van der Waals surface area contributed by atoms with Crippen LogP contribution in [0.3, 0.4) is 0 Å². The van der Waals surface area contributed by atoms with Crippen LogP contribution in [0.5, 0.6) is 0 Å². The summed E-state index contributed by atoms with van der Waals surface area (Å²) in [5.41, 5.74) is 2.11. The number of anilines is 1. The van der Waals surface area contributed by atoms with Crippen molar-refractivity contribution in [3.05, 3.63) is 29.8 Å². The van der Waals surface area contributed by atoms with Gasteiger partial charge in [0, 0.05) is 24.8 Å². The van der Waals surface area contributed by atoms with Crippen molar-refractivity contribution in [2.75, 3.05) is 31.6 Å². The minimum Gasteiger partial charge on any atom is -0.369 e. The lowest BCUT2D eigenvalue weighted by atomic mass is 9.96. The van der Waals surface area contributed by atoms with E-state index in [1.165, 1.54) is 0 Å². The second-order valence-electron chi connectivity index (χ2n) is 4.47. The van der Waals surface area contributed by atoms with Crippen molar-refractivity contribution in [3.8, 4) is 0 Å². The summed E-state index contributed by atoms with van der Waals surface area (Å²) in [6.45, 7) is 0.624. The van der Waals surface area contributed by atoms with Gasteiger partial charge in [-0.2, -0.15) is 0 Å². The molecule has 2 rings (SSSR count). The molecule has 0 saturated heterocycles. The lowest BCUT2D eigenvalue weighted by Crippen LogP contribution is -2.37. The molecule has 0 saturated carbocycles. The number of fused-ring (bicyclic) bond motifs is 1. The lowest BCUT2D eigenvalue weighted by Gasteiger charge is -2.35. The molecular weight excluding hydrogens is 257 g/mol. The van der Waals surface area contributed by atoms with E-state index in [9.17, 15) is 13.2 Å². The van der Waals surface area contributed by atoms with Crippen LogP contribution in [-0.2, 0) is 4.74 Å². The molecule has 6 heteroatoms. The van der Waals surface area contributed by atoms with Gasteiger partial charge in [-0.15, -0.1) is 13.2 Å². The van der Waals surface area contributed by atoms with Crippen LogP contribution in [0.25, 0.3) is 0 Å². The van der Waals surface area contributed by atoms with Crippen molar-refractivity contribution < 1.29 is 17.9 Å². The van der Waals surface area contributed by atoms with Gasteiger partial charge in [-0.05, 0) is 25.1 Å². The van der Waals surface area contributed by atoms with Crippen molar-refractivity contribution in [1.29, 1.82) is 0 Å². The largest absolute Gasteiger partial charge is 0.522 e. The number of halogens is 3. The maximum Gasteiger partial charge on any atom is 0.522 e. The molecule has 1 N–H and O–H groups in total. The number of nitrogens with zero attached hydrogens (tertiary/aromatic N) is 1. The standard InChI is InChI=1S/C13H17F3N2O/c1-17-11-6-7-18(8-9-19-13(14,15)16)12-5-3-2-4-10(11)12/h2-5,11,17H,6-9H2,1H3. The molecule has 0 spiro atoms. The molecule has 0 radical (unpaired) electrons. The third-order valence-corrected chi connectivity index (χ3v) is 3.32. The van der Waals surface area contributed by atoms with Gasteiger partial charge >= 0.3 is 6.36 Å². The Balaban J connectivity index is 2.03. The van der Waals surface area contributed by atoms with Gasteiger partial charge < -0.3 is 10.2 Å². The number of para-hydroxylation sites is 1. The van der Waals surface area contributed by atoms with E-state index in [1.807, 2.05) is 36.2 Å². The summed E-state index contributed by atoms with van der Waals surface area (Å²) in [6, 6.07) is 8.04. The third-order valence-electron chi connectivity index (χ3n) is 3.32. The van der Waals surface area contributed by atoms with E-state index in [4.69, 9.17) is 0 Å². The number of rotatable bonds is 4. The van der Waals surface area contributed by atoms with Crippen molar-refractivity contribution in [2.24, 2.45) is 0 Å². The molecule has 3 nitrogen and oxygen atoms in total. The maximum atomic E-state index is 12.0. The van der Waals surface area contributed by atoms with Crippen LogP contribution < -0.4 is 10.2 Å². The highest BCUT2D eigenvalue weighted by molar-refractivity contribution is 5.56. The van der Waals surface area contributed by atoms with Gasteiger partial charge in [-0.25, -0.2) is 0 Å². The van der Waals surface area contributed by atoms with Gasteiger partial charge in [-0.1, -0.05) is 18.2 Å². The fraction of sp³-hybridized carbons (Fsp3) is 0.538. The number of benzene rings is 1. The SMILES string of the molecule is CNC1CCN(CCOC(F)(F)F)c2ccccc21. The van der Waals surface area contributed by atoms with Crippen LogP contribution in [0.15, 0.2) is 24.3 Å². The van der Waals surface area contributed by atoms with Crippen LogP contribution in [-0.4, -0.2) is 33.1 Å². The molecule has 1 aliphatic rings. The van der Waals surface area contributed by atoms with E-state index >= 15 is 0 Å². The van der Waals surface area contributed by atoms with Crippen molar-refractivity contribution >= 4 is 5.69 Å². The third kappa shape index (κ3) is 3.61. The smallest absolute Gasteiger partial charge is 0.369 e. The van der Waals surface area contributed by atoms with Gasteiger partial charge in [0.15, 0.2) is 0 Å². The van der Waals surface area contributed by atoms with E-state index in [0.717, 1.165) is 24.2 Å². The summed E-state index contributed by atoms with van der Waals surface area (Å²) in [5, 5.41) is 3.22. The Bertz CT molecular complexity index is 423. The molecule has 0 fully saturated rings. The fourth-order valence-corrected chi connectivity index (χ4v) is 2.43. The molecule has 1 aliphatic heterocycles. The Morgan fingerprint density at radius 3 is 2.79 bits per heavy atom. The summed E-state index contributed by atoms with van der Waals surface area (Å²) in [5.74, 6) is 0. The zero-order valence-corrected chi connectivity index (χ0v) is 10.7. The van der Waals surface area contributed by atoms with Crippen LogP contribution in [0.4, 0.5) is 18.9 Å². The Hall–Kier alpha value is -1.27. The van der Waals surface area contributed by atoms with Gasteiger partial charge in [0.2, 0.25) is 0 Å². The molecule has 0 amide bonds. The summed E-state index contributed by atoms with van der Waals surface area (Å²) in [4.78, 5) is 1.94. The minimum absolute atomic E-state index is 0.243. The summed E-state index contributed by atoms with van der Waals surface area (Å²) < 4.78 is 39.8. The molecular formula is C13H17F3N2O. The van der Waals surface area contributed by atoms with Gasteiger partial charge in [0.1, 0.15) is 0 Å². The minimum atomic E-state index is -4.55. The highest BCUT2D eigenvalue weighted by Gasteiger charge is 2.30. The molecule has 1 atom stereocenters. The second kappa shape index (κ2) is 5.79. The Morgan fingerprint density at radius 1 is 1.37 bits per heavy atom. The molecule has 106 valence electrons. The molecule has 0 bridgehead atoms. The Labute approximate surface area is 110 Å². The maximum absolute atomic E-state index is 12.0. The van der Waals surface area contributed by atoms with Gasteiger partial charge in [0.05, 0.1) is 6.61 Å². The molecule has 0 aromatic heterocycles. The van der Waals surface area contributed by atoms with Crippen LogP contribution in [0, 0.1) is 0 Å². The molecule has 19 heavy (non-hydrogen) atoms. The molecule has 1 aromatic rings. The zero-order chi connectivity index (χ0) is 13.9. The molecule has 0 aliphatic carbocycles. The number of nitrogens with one attached hydrogen (secondary N) is 1. The van der Waals surface area contributed by atoms with Crippen molar-refractivity contribution in [1.82, 2.24) is 5.32 Å². The lowest BCUT2D eigenvalue weighted by molar-refractivity contribution is -0.323. The molecule has 1 unspecified atom stereocenters. The predicted octanol–water partition coefficient (Wildman–Crippen LogP) is 2.69. The Kier molecular flexibility index (Phi) is 4.31. The second-order valence-corrected chi connectivity index (χ2v) is 4.47. The van der Waals surface area contributed by atoms with Gasteiger partial charge in [-0.3, -0.25) is 4.74 Å². The van der Waals surface area contributed by atoms with Crippen molar-refractivity contribution in [3.63, 3.8) is 0 Å². The summed E-state index contributed by atoms with van der Waals surface area (Å²) in [6.07, 6.45) is -3.68. The van der Waals surface area contributed by atoms with E-state index in [0.29, 0.717) is 0 Å². The van der Waals surface area contributed by atoms with E-state index in [-0.39, 0.29) is 19.2 Å². The van der Waals surface area contributed by atoms with Crippen LogP contribution in [0.1, 0.15) is 18.0 Å². The molecule has 1 heterocycles.